The summed E-state index contributed by atoms with van der Waals surface area (Å²) in [5, 5.41) is 0. The first-order valence-electron chi connectivity index (χ1n) is 4.53. The maximum absolute atomic E-state index is 5.90. The molecule has 0 aromatic carbocycles. The van der Waals surface area contributed by atoms with Crippen molar-refractivity contribution < 1.29 is 0 Å². The second-order valence-electron chi connectivity index (χ2n) is 3.58. The Morgan fingerprint density at radius 3 is 2.40 bits per heavy atom. The molecule has 1 fully saturated rings. The number of nitrogens with two attached hydrogens (primary N) is 1. The van der Waals surface area contributed by atoms with Crippen molar-refractivity contribution in [3.8, 4) is 0 Å². The standard InChI is InChI=1S/C9H19N/c1-3-7-5-8(6-7)9(10)4-2/h7-9H,3-6,10H2,1-2H3. The summed E-state index contributed by atoms with van der Waals surface area (Å²) >= 11 is 0. The molecule has 0 aromatic rings. The molecular weight excluding hydrogens is 122 g/mol. The highest BCUT2D eigenvalue weighted by atomic mass is 14.7. The average Bonchev–Trinajstić information content (AvgIpc) is 1.85. The topological polar surface area (TPSA) is 26.0 Å². The first kappa shape index (κ1) is 8.06. The molecule has 1 unspecified atom stereocenters. The first-order chi connectivity index (χ1) is 4.77. The molecule has 1 heteroatoms. The molecule has 1 atom stereocenters. The molecule has 0 spiro atoms. The Kier molecular flexibility index (Phi) is 2.72. The minimum atomic E-state index is 0.489. The first-order valence-corrected chi connectivity index (χ1v) is 4.53. The van der Waals surface area contributed by atoms with Gasteiger partial charge in [0.2, 0.25) is 0 Å². The molecule has 1 rings (SSSR count). The third kappa shape index (κ3) is 1.51. The highest BCUT2D eigenvalue weighted by Crippen LogP contribution is 2.37. The Labute approximate surface area is 64.0 Å². The van der Waals surface area contributed by atoms with Crippen LogP contribution < -0.4 is 5.73 Å². The van der Waals surface area contributed by atoms with E-state index in [4.69, 9.17) is 5.73 Å². The van der Waals surface area contributed by atoms with Crippen LogP contribution in [0.15, 0.2) is 0 Å². The monoisotopic (exact) mass is 141 g/mol. The van der Waals surface area contributed by atoms with Crippen molar-refractivity contribution in [2.45, 2.75) is 45.6 Å². The van der Waals surface area contributed by atoms with Crippen LogP contribution in [-0.4, -0.2) is 6.04 Å². The molecule has 0 saturated heterocycles. The lowest BCUT2D eigenvalue weighted by molar-refractivity contribution is 0.155. The molecule has 1 saturated carbocycles. The fraction of sp³-hybridized carbons (Fsp3) is 1.00. The van der Waals surface area contributed by atoms with Gasteiger partial charge >= 0.3 is 0 Å². The molecule has 60 valence electrons. The van der Waals surface area contributed by atoms with Crippen LogP contribution in [0.4, 0.5) is 0 Å². The predicted molar refractivity (Wildman–Crippen MR) is 44.8 cm³/mol. The van der Waals surface area contributed by atoms with Crippen LogP contribution in [0.5, 0.6) is 0 Å². The highest BCUT2D eigenvalue weighted by molar-refractivity contribution is 4.84. The van der Waals surface area contributed by atoms with Crippen LogP contribution in [-0.2, 0) is 0 Å². The van der Waals surface area contributed by atoms with Gasteiger partial charge in [-0.1, -0.05) is 20.3 Å². The van der Waals surface area contributed by atoms with Gasteiger partial charge in [0.15, 0.2) is 0 Å². The second-order valence-corrected chi connectivity index (χ2v) is 3.58. The van der Waals surface area contributed by atoms with E-state index in [1.54, 1.807) is 0 Å². The van der Waals surface area contributed by atoms with E-state index >= 15 is 0 Å². The minimum absolute atomic E-state index is 0.489. The fourth-order valence-corrected chi connectivity index (χ4v) is 1.80. The van der Waals surface area contributed by atoms with Crippen molar-refractivity contribution in [3.63, 3.8) is 0 Å². The summed E-state index contributed by atoms with van der Waals surface area (Å²) in [5.41, 5.74) is 5.90. The van der Waals surface area contributed by atoms with Crippen LogP contribution in [0.1, 0.15) is 39.5 Å². The molecule has 0 heterocycles. The van der Waals surface area contributed by atoms with Gasteiger partial charge in [-0.05, 0) is 31.1 Å². The highest BCUT2D eigenvalue weighted by Gasteiger charge is 2.30. The van der Waals surface area contributed by atoms with Gasteiger partial charge in [0.25, 0.3) is 0 Å². The molecular formula is C9H19N. The van der Waals surface area contributed by atoms with Crippen LogP contribution in [0.2, 0.25) is 0 Å². The molecule has 0 amide bonds. The smallest absolute Gasteiger partial charge is 0.00647 e. The summed E-state index contributed by atoms with van der Waals surface area (Å²) in [6.45, 7) is 4.46. The largest absolute Gasteiger partial charge is 0.327 e. The quantitative estimate of drug-likeness (QED) is 0.640. The van der Waals surface area contributed by atoms with Crippen molar-refractivity contribution in [2.75, 3.05) is 0 Å². The molecule has 10 heavy (non-hydrogen) atoms. The predicted octanol–water partition coefficient (Wildman–Crippen LogP) is 2.16. The van der Waals surface area contributed by atoms with Gasteiger partial charge in [-0.15, -0.1) is 0 Å². The van der Waals surface area contributed by atoms with Gasteiger partial charge in [-0.3, -0.25) is 0 Å². The fourth-order valence-electron chi connectivity index (χ4n) is 1.80. The summed E-state index contributed by atoms with van der Waals surface area (Å²) in [4.78, 5) is 0. The number of hydrogen-bond acceptors (Lipinski definition) is 1. The zero-order valence-corrected chi connectivity index (χ0v) is 7.14. The normalized spacial score (nSPS) is 35.1. The molecule has 1 aliphatic carbocycles. The van der Waals surface area contributed by atoms with Gasteiger partial charge in [0.1, 0.15) is 0 Å². The van der Waals surface area contributed by atoms with Gasteiger partial charge in [0, 0.05) is 6.04 Å². The Bertz CT molecular complexity index is 94.9. The third-order valence-electron chi connectivity index (χ3n) is 2.93. The Morgan fingerprint density at radius 2 is 2.00 bits per heavy atom. The zero-order chi connectivity index (χ0) is 7.56. The summed E-state index contributed by atoms with van der Waals surface area (Å²) < 4.78 is 0. The van der Waals surface area contributed by atoms with Crippen molar-refractivity contribution in [2.24, 2.45) is 17.6 Å². The van der Waals surface area contributed by atoms with Gasteiger partial charge in [-0.2, -0.15) is 0 Å². The summed E-state index contributed by atoms with van der Waals surface area (Å²) in [7, 11) is 0. The Morgan fingerprint density at radius 1 is 1.40 bits per heavy atom. The molecule has 1 nitrogen and oxygen atoms in total. The van der Waals surface area contributed by atoms with E-state index in [1.807, 2.05) is 0 Å². The number of hydrogen-bond donors (Lipinski definition) is 1. The zero-order valence-electron chi connectivity index (χ0n) is 7.14. The van der Waals surface area contributed by atoms with Crippen LogP contribution >= 0.6 is 0 Å². The lowest BCUT2D eigenvalue weighted by Gasteiger charge is -2.38. The van der Waals surface area contributed by atoms with E-state index in [0.717, 1.165) is 18.3 Å². The van der Waals surface area contributed by atoms with Gasteiger partial charge < -0.3 is 5.73 Å². The van der Waals surface area contributed by atoms with E-state index in [2.05, 4.69) is 13.8 Å². The SMILES string of the molecule is CCC1CC(C(N)CC)C1. The maximum atomic E-state index is 5.90. The molecule has 0 radical (unpaired) electrons. The third-order valence-corrected chi connectivity index (χ3v) is 2.93. The second kappa shape index (κ2) is 3.38. The molecule has 1 aliphatic rings. The van der Waals surface area contributed by atoms with Crippen LogP contribution in [0.3, 0.4) is 0 Å². The summed E-state index contributed by atoms with van der Waals surface area (Å²) in [6.07, 6.45) is 5.30. The van der Waals surface area contributed by atoms with E-state index in [-0.39, 0.29) is 0 Å². The van der Waals surface area contributed by atoms with E-state index < -0.39 is 0 Å². The van der Waals surface area contributed by atoms with E-state index in [1.165, 1.54) is 19.3 Å². The molecule has 0 aliphatic heterocycles. The van der Waals surface area contributed by atoms with Gasteiger partial charge in [0.05, 0.1) is 0 Å². The Hall–Kier alpha value is -0.0400. The van der Waals surface area contributed by atoms with Crippen molar-refractivity contribution in [3.05, 3.63) is 0 Å². The summed E-state index contributed by atoms with van der Waals surface area (Å²) in [6, 6.07) is 0.489. The van der Waals surface area contributed by atoms with Crippen molar-refractivity contribution >= 4 is 0 Å². The van der Waals surface area contributed by atoms with Crippen molar-refractivity contribution in [1.82, 2.24) is 0 Å². The molecule has 0 bridgehead atoms. The summed E-state index contributed by atoms with van der Waals surface area (Å²) in [5.74, 6) is 1.86. The van der Waals surface area contributed by atoms with E-state index in [0.29, 0.717) is 6.04 Å². The average molecular weight is 141 g/mol. The van der Waals surface area contributed by atoms with E-state index in [9.17, 15) is 0 Å². The molecule has 2 N–H and O–H groups in total. The van der Waals surface area contributed by atoms with Crippen LogP contribution in [0.25, 0.3) is 0 Å². The van der Waals surface area contributed by atoms with Crippen molar-refractivity contribution in [1.29, 1.82) is 0 Å². The maximum Gasteiger partial charge on any atom is 0.00647 e. The van der Waals surface area contributed by atoms with Crippen LogP contribution in [0, 0.1) is 11.8 Å². The lowest BCUT2D eigenvalue weighted by atomic mass is 9.70. The lowest BCUT2D eigenvalue weighted by Crippen LogP contribution is -2.38. The number of rotatable bonds is 3. The molecule has 0 aromatic heterocycles. The minimum Gasteiger partial charge on any atom is -0.327 e. The Balaban J connectivity index is 2.13. The van der Waals surface area contributed by atoms with Gasteiger partial charge in [-0.25, -0.2) is 0 Å².